The summed E-state index contributed by atoms with van der Waals surface area (Å²) in [5, 5.41) is 0. The van der Waals surface area contributed by atoms with E-state index in [1.54, 1.807) is 7.11 Å². The van der Waals surface area contributed by atoms with Crippen molar-refractivity contribution in [3.63, 3.8) is 0 Å². The van der Waals surface area contributed by atoms with E-state index < -0.39 is 0 Å². The topological polar surface area (TPSA) is 51.2 Å². The maximum absolute atomic E-state index is 12.6. The van der Waals surface area contributed by atoms with Gasteiger partial charge in [-0.1, -0.05) is 0 Å². The van der Waals surface area contributed by atoms with Crippen LogP contribution in [-0.2, 0) is 19.0 Å². The van der Waals surface area contributed by atoms with Crippen LogP contribution in [0, 0.1) is 5.92 Å². The van der Waals surface area contributed by atoms with Crippen LogP contribution in [0.1, 0.15) is 19.3 Å². The highest BCUT2D eigenvalue weighted by atomic mass is 16.5. The normalized spacial score (nSPS) is 21.8. The Morgan fingerprint density at radius 3 is 2.68 bits per heavy atom. The smallest absolute Gasteiger partial charge is 0.225 e. The summed E-state index contributed by atoms with van der Waals surface area (Å²) in [5.74, 6) is 0.513. The Hall–Kier alpha value is -0.690. The van der Waals surface area contributed by atoms with Gasteiger partial charge < -0.3 is 19.1 Å². The summed E-state index contributed by atoms with van der Waals surface area (Å²) in [7, 11) is 1.68. The minimum atomic E-state index is 0.178. The van der Waals surface area contributed by atoms with Crippen LogP contribution < -0.4 is 0 Å². The first-order valence-electron chi connectivity index (χ1n) is 8.47. The van der Waals surface area contributed by atoms with E-state index in [9.17, 15) is 4.79 Å². The van der Waals surface area contributed by atoms with Gasteiger partial charge in [0.15, 0.2) is 0 Å². The van der Waals surface area contributed by atoms with Crippen LogP contribution in [0.3, 0.4) is 0 Å². The first-order valence-corrected chi connectivity index (χ1v) is 8.47. The molecular formula is C16H30N2O4. The fourth-order valence-corrected chi connectivity index (χ4v) is 3.06. The number of carbonyl (C=O) groups excluding carboxylic acids is 1. The van der Waals surface area contributed by atoms with Gasteiger partial charge in [0.05, 0.1) is 19.8 Å². The van der Waals surface area contributed by atoms with Gasteiger partial charge >= 0.3 is 0 Å². The molecule has 0 aliphatic carbocycles. The first kappa shape index (κ1) is 17.7. The molecule has 6 heteroatoms. The lowest BCUT2D eigenvalue weighted by Crippen LogP contribution is -2.41. The van der Waals surface area contributed by atoms with Gasteiger partial charge in [0, 0.05) is 52.4 Å². The van der Waals surface area contributed by atoms with Crippen LogP contribution in [-0.4, -0.2) is 88.6 Å². The fraction of sp³-hybridized carbons (Fsp3) is 0.938. The SMILES string of the molecule is COCCOCCN1CCCN(C(=O)C2CCOCC2)CC1. The van der Waals surface area contributed by atoms with Crippen LogP contribution in [0.25, 0.3) is 0 Å². The molecule has 0 aromatic heterocycles. The van der Waals surface area contributed by atoms with E-state index in [-0.39, 0.29) is 5.92 Å². The predicted molar refractivity (Wildman–Crippen MR) is 83.9 cm³/mol. The third-order valence-corrected chi connectivity index (χ3v) is 4.45. The molecule has 1 amide bonds. The zero-order valence-corrected chi connectivity index (χ0v) is 13.8. The van der Waals surface area contributed by atoms with E-state index in [1.165, 1.54) is 0 Å². The third-order valence-electron chi connectivity index (χ3n) is 4.45. The zero-order chi connectivity index (χ0) is 15.6. The van der Waals surface area contributed by atoms with Crippen molar-refractivity contribution in [3.05, 3.63) is 0 Å². The van der Waals surface area contributed by atoms with Gasteiger partial charge in [0.25, 0.3) is 0 Å². The molecule has 0 saturated carbocycles. The molecule has 2 aliphatic rings. The van der Waals surface area contributed by atoms with Crippen LogP contribution >= 0.6 is 0 Å². The second-order valence-electron chi connectivity index (χ2n) is 6.01. The van der Waals surface area contributed by atoms with E-state index in [1.807, 2.05) is 0 Å². The van der Waals surface area contributed by atoms with E-state index in [0.717, 1.165) is 71.8 Å². The minimum Gasteiger partial charge on any atom is -0.382 e. The maximum atomic E-state index is 12.6. The van der Waals surface area contributed by atoms with Gasteiger partial charge in [-0.2, -0.15) is 0 Å². The number of ether oxygens (including phenoxy) is 3. The first-order chi connectivity index (χ1) is 10.8. The highest BCUT2D eigenvalue weighted by Gasteiger charge is 2.27. The number of methoxy groups -OCH3 is 1. The Bertz CT molecular complexity index is 321. The summed E-state index contributed by atoms with van der Waals surface area (Å²) < 4.78 is 15.8. The molecule has 2 rings (SSSR count). The Morgan fingerprint density at radius 1 is 1.09 bits per heavy atom. The fourth-order valence-electron chi connectivity index (χ4n) is 3.06. The number of nitrogens with zero attached hydrogens (tertiary/aromatic N) is 2. The lowest BCUT2D eigenvalue weighted by molar-refractivity contribution is -0.138. The largest absolute Gasteiger partial charge is 0.382 e. The average molecular weight is 314 g/mol. The maximum Gasteiger partial charge on any atom is 0.225 e. The summed E-state index contributed by atoms with van der Waals surface area (Å²) in [6, 6.07) is 0. The van der Waals surface area contributed by atoms with Crippen molar-refractivity contribution in [2.45, 2.75) is 19.3 Å². The van der Waals surface area contributed by atoms with Gasteiger partial charge in [0.1, 0.15) is 0 Å². The molecule has 2 fully saturated rings. The number of hydrogen-bond acceptors (Lipinski definition) is 5. The average Bonchev–Trinajstić information content (AvgIpc) is 2.80. The number of rotatable bonds is 7. The lowest BCUT2D eigenvalue weighted by atomic mass is 9.98. The third kappa shape index (κ3) is 5.83. The van der Waals surface area contributed by atoms with E-state index in [2.05, 4.69) is 9.80 Å². The molecule has 128 valence electrons. The molecule has 0 aromatic rings. The molecule has 0 aromatic carbocycles. The van der Waals surface area contributed by atoms with Gasteiger partial charge in [-0.3, -0.25) is 9.69 Å². The molecule has 0 bridgehead atoms. The van der Waals surface area contributed by atoms with E-state index >= 15 is 0 Å². The number of carbonyl (C=O) groups is 1. The van der Waals surface area contributed by atoms with Gasteiger partial charge in [-0.15, -0.1) is 0 Å². The van der Waals surface area contributed by atoms with Crippen molar-refractivity contribution < 1.29 is 19.0 Å². The second-order valence-corrected chi connectivity index (χ2v) is 6.01. The van der Waals surface area contributed by atoms with Crippen molar-refractivity contribution in [1.82, 2.24) is 9.80 Å². The number of hydrogen-bond donors (Lipinski definition) is 0. The molecule has 0 atom stereocenters. The van der Waals surface area contributed by atoms with E-state index in [0.29, 0.717) is 19.1 Å². The predicted octanol–water partition coefficient (Wildman–Crippen LogP) is 0.610. The highest BCUT2D eigenvalue weighted by Crippen LogP contribution is 2.18. The van der Waals surface area contributed by atoms with Crippen LogP contribution in [0.15, 0.2) is 0 Å². The van der Waals surface area contributed by atoms with Gasteiger partial charge in [0.2, 0.25) is 5.91 Å². The quantitative estimate of drug-likeness (QED) is 0.645. The Balaban J connectivity index is 1.66. The molecular weight excluding hydrogens is 284 g/mol. The van der Waals surface area contributed by atoms with Crippen molar-refractivity contribution in [2.75, 3.05) is 72.9 Å². The van der Waals surface area contributed by atoms with Crippen molar-refractivity contribution in [1.29, 1.82) is 0 Å². The van der Waals surface area contributed by atoms with Crippen LogP contribution in [0.4, 0.5) is 0 Å². The van der Waals surface area contributed by atoms with Crippen molar-refractivity contribution in [3.8, 4) is 0 Å². The minimum absolute atomic E-state index is 0.178. The molecule has 2 aliphatic heterocycles. The number of amides is 1. The molecule has 22 heavy (non-hydrogen) atoms. The van der Waals surface area contributed by atoms with Gasteiger partial charge in [-0.05, 0) is 25.8 Å². The molecule has 0 unspecified atom stereocenters. The molecule has 0 N–H and O–H groups in total. The van der Waals surface area contributed by atoms with Crippen LogP contribution in [0.2, 0.25) is 0 Å². The summed E-state index contributed by atoms with van der Waals surface area (Å²) in [6.07, 6.45) is 2.81. The standard InChI is InChI=1S/C16H30N2O4/c1-20-13-14-22-12-9-17-5-2-6-18(8-7-17)16(19)15-3-10-21-11-4-15/h15H,2-14H2,1H3. The van der Waals surface area contributed by atoms with Crippen molar-refractivity contribution in [2.24, 2.45) is 5.92 Å². The summed E-state index contributed by atoms with van der Waals surface area (Å²) in [4.78, 5) is 17.0. The van der Waals surface area contributed by atoms with Crippen LogP contribution in [0.5, 0.6) is 0 Å². The Labute approximate surface area is 133 Å². The van der Waals surface area contributed by atoms with Gasteiger partial charge in [-0.25, -0.2) is 0 Å². The zero-order valence-electron chi connectivity index (χ0n) is 13.8. The monoisotopic (exact) mass is 314 g/mol. The summed E-state index contributed by atoms with van der Waals surface area (Å²) >= 11 is 0. The summed E-state index contributed by atoms with van der Waals surface area (Å²) in [5.41, 5.74) is 0. The Morgan fingerprint density at radius 2 is 1.91 bits per heavy atom. The summed E-state index contributed by atoms with van der Waals surface area (Å²) in [6.45, 7) is 8.15. The molecule has 0 spiro atoms. The second kappa shape index (κ2) is 10.2. The lowest BCUT2D eigenvalue weighted by Gasteiger charge is -2.28. The molecule has 6 nitrogen and oxygen atoms in total. The van der Waals surface area contributed by atoms with Crippen molar-refractivity contribution >= 4 is 5.91 Å². The van der Waals surface area contributed by atoms with E-state index in [4.69, 9.17) is 14.2 Å². The molecule has 0 radical (unpaired) electrons. The molecule has 2 saturated heterocycles. The Kier molecular flexibility index (Phi) is 8.15. The highest BCUT2D eigenvalue weighted by molar-refractivity contribution is 5.79. The molecule has 2 heterocycles.